The average molecular weight is 276 g/mol. The largest absolute Gasteiger partial charge is 0.357 e. The van der Waals surface area contributed by atoms with E-state index in [0.717, 1.165) is 17.2 Å². The quantitative estimate of drug-likeness (QED) is 0.912. The maximum atomic E-state index is 4.72. The van der Waals surface area contributed by atoms with E-state index in [2.05, 4.69) is 42.0 Å². The van der Waals surface area contributed by atoms with Gasteiger partial charge in [-0.3, -0.25) is 0 Å². The number of hydrogen-bond acceptors (Lipinski definition) is 5. The first kappa shape index (κ1) is 12.7. The van der Waals surface area contributed by atoms with Crippen molar-refractivity contribution >= 4 is 33.3 Å². The highest BCUT2D eigenvalue weighted by atomic mass is 32.1. The number of nitrogens with one attached hydrogen (secondary N) is 1. The predicted octanol–water partition coefficient (Wildman–Crippen LogP) is 3.42. The summed E-state index contributed by atoms with van der Waals surface area (Å²) in [5, 5.41) is 4.27. The second kappa shape index (κ2) is 4.34. The Balaban J connectivity index is 2.21. The molecular formula is C14H20N4S. The highest BCUT2D eigenvalue weighted by Crippen LogP contribution is 2.38. The monoisotopic (exact) mass is 276 g/mol. The zero-order valence-electron chi connectivity index (χ0n) is 11.9. The van der Waals surface area contributed by atoms with Crippen LogP contribution in [0, 0.1) is 6.92 Å². The van der Waals surface area contributed by atoms with E-state index in [1.165, 1.54) is 23.1 Å². The van der Waals surface area contributed by atoms with Gasteiger partial charge in [0, 0.05) is 24.0 Å². The molecule has 1 fully saturated rings. The smallest absolute Gasteiger partial charge is 0.225 e. The number of rotatable bonds is 2. The molecule has 1 N–H and O–H groups in total. The van der Waals surface area contributed by atoms with Crippen LogP contribution in [0.1, 0.15) is 31.6 Å². The summed E-state index contributed by atoms with van der Waals surface area (Å²) in [4.78, 5) is 14.1. The van der Waals surface area contributed by atoms with Crippen molar-refractivity contribution in [3.63, 3.8) is 0 Å². The van der Waals surface area contributed by atoms with E-state index in [-0.39, 0.29) is 5.54 Å². The van der Waals surface area contributed by atoms with Gasteiger partial charge in [0.05, 0.1) is 5.39 Å². The van der Waals surface area contributed by atoms with Crippen molar-refractivity contribution in [2.45, 2.75) is 39.2 Å². The van der Waals surface area contributed by atoms with E-state index in [0.29, 0.717) is 5.95 Å². The molecule has 0 radical (unpaired) electrons. The van der Waals surface area contributed by atoms with Crippen LogP contribution in [0.25, 0.3) is 10.2 Å². The summed E-state index contributed by atoms with van der Waals surface area (Å²) in [5.41, 5.74) is 0.183. The maximum absolute atomic E-state index is 4.72. The first-order valence-electron chi connectivity index (χ1n) is 6.75. The summed E-state index contributed by atoms with van der Waals surface area (Å²) in [5.74, 6) is 1.80. The summed E-state index contributed by atoms with van der Waals surface area (Å²) in [6, 6.07) is 2.21. The van der Waals surface area contributed by atoms with E-state index >= 15 is 0 Å². The van der Waals surface area contributed by atoms with E-state index in [4.69, 9.17) is 4.98 Å². The van der Waals surface area contributed by atoms with Gasteiger partial charge < -0.3 is 10.2 Å². The molecule has 0 aromatic carbocycles. The number of thiophene rings is 1. The highest BCUT2D eigenvalue weighted by molar-refractivity contribution is 7.18. The van der Waals surface area contributed by atoms with Crippen LogP contribution >= 0.6 is 11.3 Å². The van der Waals surface area contributed by atoms with Crippen molar-refractivity contribution in [3.8, 4) is 0 Å². The fourth-order valence-corrected chi connectivity index (χ4v) is 3.72. The molecule has 2 aromatic rings. The van der Waals surface area contributed by atoms with Crippen LogP contribution in [0.15, 0.2) is 6.07 Å². The summed E-state index contributed by atoms with van der Waals surface area (Å²) in [7, 11) is 1.88. The van der Waals surface area contributed by atoms with E-state index in [1.807, 2.05) is 7.05 Å². The lowest BCUT2D eigenvalue weighted by Gasteiger charge is -2.33. The standard InChI is InChI=1S/C14H20N4S/c1-9-8-10-11(18-7-5-6-14(18,2)3)16-13(15-4)17-12(10)19-9/h8H,5-7H2,1-4H3,(H,15,16,17). The van der Waals surface area contributed by atoms with Gasteiger partial charge in [0.15, 0.2) is 0 Å². The molecule has 3 rings (SSSR count). The molecule has 102 valence electrons. The van der Waals surface area contributed by atoms with Gasteiger partial charge in [0.25, 0.3) is 0 Å². The molecule has 3 heterocycles. The number of hydrogen-bond donors (Lipinski definition) is 1. The van der Waals surface area contributed by atoms with Crippen LogP contribution in [0.5, 0.6) is 0 Å². The number of aromatic nitrogens is 2. The molecule has 0 bridgehead atoms. The van der Waals surface area contributed by atoms with Crippen LogP contribution in [0.4, 0.5) is 11.8 Å². The van der Waals surface area contributed by atoms with Gasteiger partial charge in [-0.15, -0.1) is 11.3 Å². The van der Waals surface area contributed by atoms with Crippen LogP contribution in [0.2, 0.25) is 0 Å². The fourth-order valence-electron chi connectivity index (χ4n) is 2.84. The van der Waals surface area contributed by atoms with Crippen molar-refractivity contribution in [2.75, 3.05) is 23.8 Å². The number of fused-ring (bicyclic) bond motifs is 1. The number of nitrogens with zero attached hydrogens (tertiary/aromatic N) is 3. The van der Waals surface area contributed by atoms with E-state index in [1.54, 1.807) is 11.3 Å². The lowest BCUT2D eigenvalue weighted by molar-refractivity contribution is 0.515. The summed E-state index contributed by atoms with van der Waals surface area (Å²) >= 11 is 1.74. The average Bonchev–Trinajstić information content (AvgIpc) is 2.89. The van der Waals surface area contributed by atoms with Gasteiger partial charge in [0.2, 0.25) is 5.95 Å². The van der Waals surface area contributed by atoms with Gasteiger partial charge in [-0.25, -0.2) is 4.98 Å². The second-order valence-electron chi connectivity index (χ2n) is 5.76. The molecule has 4 nitrogen and oxygen atoms in total. The predicted molar refractivity (Wildman–Crippen MR) is 82.4 cm³/mol. The van der Waals surface area contributed by atoms with Gasteiger partial charge in [0.1, 0.15) is 10.6 Å². The van der Waals surface area contributed by atoms with Gasteiger partial charge in [-0.05, 0) is 39.7 Å². The Kier molecular flexibility index (Phi) is 2.89. The molecule has 1 aliphatic heterocycles. The first-order chi connectivity index (χ1) is 9.01. The van der Waals surface area contributed by atoms with Crippen LogP contribution in [-0.2, 0) is 0 Å². The normalized spacial score (nSPS) is 18.2. The Morgan fingerprint density at radius 1 is 1.37 bits per heavy atom. The molecule has 19 heavy (non-hydrogen) atoms. The number of aryl methyl sites for hydroxylation is 1. The van der Waals surface area contributed by atoms with Gasteiger partial charge in [-0.2, -0.15) is 4.98 Å². The minimum absolute atomic E-state index is 0.183. The lowest BCUT2D eigenvalue weighted by atomic mass is 10.0. The molecule has 1 aliphatic rings. The van der Waals surface area contributed by atoms with Crippen LogP contribution < -0.4 is 10.2 Å². The van der Waals surface area contributed by atoms with E-state index < -0.39 is 0 Å². The van der Waals surface area contributed by atoms with Crippen molar-refractivity contribution in [2.24, 2.45) is 0 Å². The molecule has 0 saturated carbocycles. The minimum atomic E-state index is 0.183. The molecule has 0 spiro atoms. The SMILES string of the molecule is CNc1nc(N2CCCC2(C)C)c2cc(C)sc2n1. The molecule has 0 amide bonds. The third-order valence-electron chi connectivity index (χ3n) is 3.88. The van der Waals surface area contributed by atoms with Crippen molar-refractivity contribution in [3.05, 3.63) is 10.9 Å². The zero-order valence-corrected chi connectivity index (χ0v) is 12.8. The summed E-state index contributed by atoms with van der Waals surface area (Å²) < 4.78 is 0. The summed E-state index contributed by atoms with van der Waals surface area (Å²) in [6.45, 7) is 7.81. The second-order valence-corrected chi connectivity index (χ2v) is 7.00. The Morgan fingerprint density at radius 2 is 2.16 bits per heavy atom. The Bertz CT molecular complexity index is 617. The van der Waals surface area contributed by atoms with Crippen LogP contribution in [0.3, 0.4) is 0 Å². The first-order valence-corrected chi connectivity index (χ1v) is 7.56. The number of anilines is 2. The summed E-state index contributed by atoms with van der Waals surface area (Å²) in [6.07, 6.45) is 2.45. The molecule has 0 aliphatic carbocycles. The maximum Gasteiger partial charge on any atom is 0.225 e. The van der Waals surface area contributed by atoms with Gasteiger partial charge in [-0.1, -0.05) is 0 Å². The Labute approximate surface area is 117 Å². The molecule has 1 saturated heterocycles. The van der Waals surface area contributed by atoms with E-state index in [9.17, 15) is 0 Å². The van der Waals surface area contributed by atoms with Crippen molar-refractivity contribution < 1.29 is 0 Å². The molecule has 0 unspecified atom stereocenters. The molecule has 5 heteroatoms. The highest BCUT2D eigenvalue weighted by Gasteiger charge is 2.34. The molecule has 0 atom stereocenters. The Morgan fingerprint density at radius 3 is 2.79 bits per heavy atom. The van der Waals surface area contributed by atoms with Gasteiger partial charge >= 0.3 is 0 Å². The third-order valence-corrected chi connectivity index (χ3v) is 4.82. The van der Waals surface area contributed by atoms with Crippen molar-refractivity contribution in [1.29, 1.82) is 0 Å². The lowest BCUT2D eigenvalue weighted by Crippen LogP contribution is -2.38. The molecule has 2 aromatic heterocycles. The third kappa shape index (κ3) is 2.06. The minimum Gasteiger partial charge on any atom is -0.357 e. The zero-order chi connectivity index (χ0) is 13.6. The Hall–Kier alpha value is -1.36. The van der Waals surface area contributed by atoms with Crippen molar-refractivity contribution in [1.82, 2.24) is 9.97 Å². The topological polar surface area (TPSA) is 41.1 Å². The fraction of sp³-hybridized carbons (Fsp3) is 0.571. The molecular weight excluding hydrogens is 256 g/mol. The van der Waals surface area contributed by atoms with Crippen LogP contribution in [-0.4, -0.2) is 29.1 Å².